The topological polar surface area (TPSA) is 73.1 Å². The standard InChI is InChI=1S/C17H21ClN4O/c1-11(12-5-8-23-9-6-12)21-16-3-2-14(18)17(22-16)13-4-7-20-15(19)10-13/h2-4,7,10-12H,5-6,8-9H2,1H3,(H2,19,20)(H,21,22)/t11-/m0/s1. The van der Waals surface area contributed by atoms with Crippen LogP contribution in [0.2, 0.25) is 5.02 Å². The summed E-state index contributed by atoms with van der Waals surface area (Å²) in [7, 11) is 0. The summed E-state index contributed by atoms with van der Waals surface area (Å²) in [4.78, 5) is 8.67. The molecule has 0 spiro atoms. The van der Waals surface area contributed by atoms with Crippen LogP contribution in [0, 0.1) is 5.92 Å². The number of nitrogens with two attached hydrogens (primary N) is 1. The van der Waals surface area contributed by atoms with Gasteiger partial charge in [-0.15, -0.1) is 0 Å². The van der Waals surface area contributed by atoms with E-state index in [4.69, 9.17) is 22.1 Å². The van der Waals surface area contributed by atoms with Gasteiger partial charge in [0.1, 0.15) is 11.6 Å². The van der Waals surface area contributed by atoms with Crippen LogP contribution >= 0.6 is 11.6 Å². The van der Waals surface area contributed by atoms with E-state index in [9.17, 15) is 0 Å². The van der Waals surface area contributed by atoms with Crippen molar-refractivity contribution in [1.82, 2.24) is 9.97 Å². The smallest absolute Gasteiger partial charge is 0.126 e. The highest BCUT2D eigenvalue weighted by atomic mass is 35.5. The third-order valence-corrected chi connectivity index (χ3v) is 4.55. The van der Waals surface area contributed by atoms with E-state index in [1.54, 1.807) is 12.3 Å². The van der Waals surface area contributed by atoms with Crippen LogP contribution in [-0.2, 0) is 4.74 Å². The van der Waals surface area contributed by atoms with Crippen molar-refractivity contribution in [3.05, 3.63) is 35.5 Å². The fraction of sp³-hybridized carbons (Fsp3) is 0.412. The molecule has 2 aromatic rings. The zero-order valence-corrected chi connectivity index (χ0v) is 13.9. The predicted molar refractivity (Wildman–Crippen MR) is 93.5 cm³/mol. The van der Waals surface area contributed by atoms with Crippen molar-refractivity contribution in [2.45, 2.75) is 25.8 Å². The molecule has 2 aromatic heterocycles. The summed E-state index contributed by atoms with van der Waals surface area (Å²) < 4.78 is 5.43. The second-order valence-electron chi connectivity index (χ2n) is 5.88. The molecule has 1 aliphatic heterocycles. The van der Waals surface area contributed by atoms with E-state index in [1.807, 2.05) is 18.2 Å². The van der Waals surface area contributed by atoms with E-state index in [0.29, 0.717) is 28.5 Å². The highest BCUT2D eigenvalue weighted by molar-refractivity contribution is 6.33. The first kappa shape index (κ1) is 16.0. The number of nitrogens with one attached hydrogen (secondary N) is 1. The Hall–Kier alpha value is -1.85. The normalized spacial score (nSPS) is 17.0. The van der Waals surface area contributed by atoms with Gasteiger partial charge in [-0.2, -0.15) is 0 Å². The fourth-order valence-electron chi connectivity index (χ4n) is 2.89. The van der Waals surface area contributed by atoms with Gasteiger partial charge >= 0.3 is 0 Å². The van der Waals surface area contributed by atoms with Crippen molar-refractivity contribution in [2.24, 2.45) is 5.92 Å². The first-order chi connectivity index (χ1) is 11.1. The van der Waals surface area contributed by atoms with Gasteiger partial charge in [0.2, 0.25) is 0 Å². The van der Waals surface area contributed by atoms with Crippen molar-refractivity contribution in [1.29, 1.82) is 0 Å². The minimum Gasteiger partial charge on any atom is -0.384 e. The maximum absolute atomic E-state index is 6.30. The number of hydrogen-bond donors (Lipinski definition) is 2. The lowest BCUT2D eigenvalue weighted by Crippen LogP contribution is -2.31. The van der Waals surface area contributed by atoms with Gasteiger partial charge in [-0.1, -0.05) is 11.6 Å². The summed E-state index contributed by atoms with van der Waals surface area (Å²) in [6, 6.07) is 7.74. The SMILES string of the molecule is C[C@H](Nc1ccc(Cl)c(-c2ccnc(N)c2)n1)C1CCOCC1. The summed E-state index contributed by atoms with van der Waals surface area (Å²) >= 11 is 6.30. The molecule has 0 radical (unpaired) electrons. The number of anilines is 2. The molecule has 1 saturated heterocycles. The van der Waals surface area contributed by atoms with Crippen LogP contribution < -0.4 is 11.1 Å². The molecule has 0 aromatic carbocycles. The van der Waals surface area contributed by atoms with E-state index in [-0.39, 0.29) is 0 Å². The lowest BCUT2D eigenvalue weighted by molar-refractivity contribution is 0.0622. The maximum atomic E-state index is 6.30. The molecule has 6 heteroatoms. The molecule has 3 rings (SSSR count). The van der Waals surface area contributed by atoms with Crippen LogP contribution in [0.3, 0.4) is 0 Å². The van der Waals surface area contributed by atoms with Crippen molar-refractivity contribution in [3.63, 3.8) is 0 Å². The molecule has 3 N–H and O–H groups in total. The van der Waals surface area contributed by atoms with Crippen LogP contribution in [0.1, 0.15) is 19.8 Å². The van der Waals surface area contributed by atoms with Crippen molar-refractivity contribution in [2.75, 3.05) is 24.3 Å². The Kier molecular flexibility index (Phi) is 4.98. The van der Waals surface area contributed by atoms with Gasteiger partial charge in [-0.05, 0) is 49.9 Å². The van der Waals surface area contributed by atoms with E-state index in [1.165, 1.54) is 0 Å². The van der Waals surface area contributed by atoms with Gasteiger partial charge in [0, 0.05) is 31.0 Å². The molecule has 5 nitrogen and oxygen atoms in total. The second-order valence-corrected chi connectivity index (χ2v) is 6.29. The molecule has 0 aliphatic carbocycles. The van der Waals surface area contributed by atoms with Crippen molar-refractivity contribution >= 4 is 23.2 Å². The highest BCUT2D eigenvalue weighted by Crippen LogP contribution is 2.29. The lowest BCUT2D eigenvalue weighted by atomic mass is 9.93. The van der Waals surface area contributed by atoms with Gasteiger partial charge in [-0.25, -0.2) is 9.97 Å². The molecule has 1 aliphatic rings. The molecule has 0 unspecified atom stereocenters. The molecule has 122 valence electrons. The van der Waals surface area contributed by atoms with E-state index < -0.39 is 0 Å². The Morgan fingerprint density at radius 1 is 1.30 bits per heavy atom. The molecule has 1 fully saturated rings. The summed E-state index contributed by atoms with van der Waals surface area (Å²) in [6.45, 7) is 3.87. The molecular formula is C17H21ClN4O. The number of nitrogens with zero attached hydrogens (tertiary/aromatic N) is 2. The largest absolute Gasteiger partial charge is 0.384 e. The monoisotopic (exact) mass is 332 g/mol. The first-order valence-corrected chi connectivity index (χ1v) is 8.24. The Labute approximate surface area is 141 Å². The number of hydrogen-bond acceptors (Lipinski definition) is 5. The number of pyridine rings is 2. The summed E-state index contributed by atoms with van der Waals surface area (Å²) in [5.41, 5.74) is 7.33. The Morgan fingerprint density at radius 3 is 2.83 bits per heavy atom. The second kappa shape index (κ2) is 7.15. The lowest BCUT2D eigenvalue weighted by Gasteiger charge is -2.28. The van der Waals surface area contributed by atoms with Gasteiger partial charge in [0.05, 0.1) is 10.7 Å². The number of nitrogen functional groups attached to an aromatic ring is 1. The van der Waals surface area contributed by atoms with Gasteiger partial charge < -0.3 is 15.8 Å². The molecule has 23 heavy (non-hydrogen) atoms. The molecular weight excluding hydrogens is 312 g/mol. The van der Waals surface area contributed by atoms with Crippen LogP contribution in [0.25, 0.3) is 11.3 Å². The number of ether oxygens (including phenoxy) is 1. The van der Waals surface area contributed by atoms with Crippen LogP contribution in [-0.4, -0.2) is 29.2 Å². The Balaban J connectivity index is 1.80. The molecule has 0 amide bonds. The highest BCUT2D eigenvalue weighted by Gasteiger charge is 2.21. The summed E-state index contributed by atoms with van der Waals surface area (Å²) in [5.74, 6) is 1.87. The van der Waals surface area contributed by atoms with E-state index in [0.717, 1.165) is 37.4 Å². The molecule has 0 bridgehead atoms. The summed E-state index contributed by atoms with van der Waals surface area (Å²) in [6.07, 6.45) is 3.82. The minimum absolute atomic E-state index is 0.336. The zero-order valence-electron chi connectivity index (χ0n) is 13.1. The molecule has 1 atom stereocenters. The molecule has 0 saturated carbocycles. The number of aromatic nitrogens is 2. The number of halogens is 1. The van der Waals surface area contributed by atoms with Gasteiger partial charge in [-0.3, -0.25) is 0 Å². The van der Waals surface area contributed by atoms with Crippen molar-refractivity contribution < 1.29 is 4.74 Å². The Morgan fingerprint density at radius 2 is 2.09 bits per heavy atom. The average molecular weight is 333 g/mol. The Bertz CT molecular complexity index is 673. The van der Waals surface area contributed by atoms with Crippen LogP contribution in [0.15, 0.2) is 30.5 Å². The summed E-state index contributed by atoms with van der Waals surface area (Å²) in [5, 5.41) is 4.09. The predicted octanol–water partition coefficient (Wildman–Crippen LogP) is 3.61. The van der Waals surface area contributed by atoms with E-state index in [2.05, 4.69) is 22.2 Å². The fourth-order valence-corrected chi connectivity index (χ4v) is 3.10. The average Bonchev–Trinajstić information content (AvgIpc) is 2.57. The van der Waals surface area contributed by atoms with Crippen molar-refractivity contribution in [3.8, 4) is 11.3 Å². The molecule has 3 heterocycles. The van der Waals surface area contributed by atoms with E-state index >= 15 is 0 Å². The minimum atomic E-state index is 0.336. The van der Waals surface area contributed by atoms with Crippen LogP contribution in [0.5, 0.6) is 0 Å². The van der Waals surface area contributed by atoms with Gasteiger partial charge in [0.25, 0.3) is 0 Å². The van der Waals surface area contributed by atoms with Crippen LogP contribution in [0.4, 0.5) is 11.6 Å². The third-order valence-electron chi connectivity index (χ3n) is 4.25. The zero-order chi connectivity index (χ0) is 16.2. The third kappa shape index (κ3) is 3.92. The quantitative estimate of drug-likeness (QED) is 0.894. The van der Waals surface area contributed by atoms with Gasteiger partial charge in [0.15, 0.2) is 0 Å². The maximum Gasteiger partial charge on any atom is 0.126 e. The number of rotatable bonds is 4. The first-order valence-electron chi connectivity index (χ1n) is 7.86.